The van der Waals surface area contributed by atoms with E-state index in [0.29, 0.717) is 28.5 Å². The molecule has 2 amide bonds. The number of hydrogen-bond acceptors (Lipinski definition) is 8. The molecule has 2 fully saturated rings. The van der Waals surface area contributed by atoms with Gasteiger partial charge in [-0.15, -0.1) is 0 Å². The van der Waals surface area contributed by atoms with E-state index < -0.39 is 24.7 Å². The summed E-state index contributed by atoms with van der Waals surface area (Å²) < 4.78 is 39.6. The summed E-state index contributed by atoms with van der Waals surface area (Å²) >= 11 is 0. The Labute approximate surface area is 227 Å². The molecule has 0 radical (unpaired) electrons. The van der Waals surface area contributed by atoms with E-state index >= 15 is 0 Å². The zero-order valence-corrected chi connectivity index (χ0v) is 21.3. The van der Waals surface area contributed by atoms with Gasteiger partial charge in [0, 0.05) is 42.8 Å². The van der Waals surface area contributed by atoms with Crippen molar-refractivity contribution in [2.75, 3.05) is 25.5 Å². The lowest BCUT2D eigenvalue weighted by atomic mass is 10.0. The number of piperidine rings is 1. The Morgan fingerprint density at radius 2 is 2.02 bits per heavy atom. The molecule has 1 aliphatic carbocycles. The Hall–Kier alpha value is -4.86. The first-order chi connectivity index (χ1) is 19.2. The molecular formula is C27H24F2N6O5. The SMILES string of the molecule is COc1ccc([C@@H]2C[C@H]2C(=O)Nc2cc(-c3ccc(OC4CCN(C(=O)O)CC4(F)F)c(C#N)c3)ncn2)cn1. The van der Waals surface area contributed by atoms with Crippen LogP contribution in [0.15, 0.2) is 48.9 Å². The minimum atomic E-state index is -3.42. The van der Waals surface area contributed by atoms with E-state index in [9.17, 15) is 23.6 Å². The van der Waals surface area contributed by atoms with Gasteiger partial charge in [0.15, 0.2) is 6.10 Å². The molecule has 2 N–H and O–H groups in total. The number of ether oxygens (including phenoxy) is 2. The van der Waals surface area contributed by atoms with Crippen LogP contribution >= 0.6 is 0 Å². The largest absolute Gasteiger partial charge is 0.483 e. The Morgan fingerprint density at radius 3 is 2.70 bits per heavy atom. The monoisotopic (exact) mass is 550 g/mol. The number of nitriles is 1. The Balaban J connectivity index is 1.26. The first-order valence-corrected chi connectivity index (χ1v) is 12.4. The second-order valence-electron chi connectivity index (χ2n) is 9.54. The first kappa shape index (κ1) is 26.7. The molecule has 206 valence electrons. The van der Waals surface area contributed by atoms with Crippen LogP contribution in [0.4, 0.5) is 19.4 Å². The third-order valence-electron chi connectivity index (χ3n) is 6.91. The van der Waals surface area contributed by atoms with Crippen LogP contribution in [-0.2, 0) is 4.79 Å². The van der Waals surface area contributed by atoms with Crippen molar-refractivity contribution in [2.24, 2.45) is 5.92 Å². The van der Waals surface area contributed by atoms with E-state index in [-0.39, 0.29) is 47.8 Å². The van der Waals surface area contributed by atoms with Crippen molar-refractivity contribution in [3.8, 4) is 29.0 Å². The van der Waals surface area contributed by atoms with Crippen molar-refractivity contribution in [1.29, 1.82) is 5.26 Å². The molecule has 2 aliphatic rings. The number of carbonyl (C=O) groups is 2. The second kappa shape index (κ2) is 10.7. The number of methoxy groups -OCH3 is 1. The molecule has 40 heavy (non-hydrogen) atoms. The van der Waals surface area contributed by atoms with Gasteiger partial charge in [0.05, 0.1) is 24.9 Å². The van der Waals surface area contributed by atoms with Crippen LogP contribution in [0.3, 0.4) is 0 Å². The highest BCUT2D eigenvalue weighted by atomic mass is 19.3. The lowest BCUT2D eigenvalue weighted by Gasteiger charge is -2.36. The molecule has 3 heterocycles. The van der Waals surface area contributed by atoms with Gasteiger partial charge in [-0.1, -0.05) is 6.07 Å². The minimum absolute atomic E-state index is 0.00656. The summed E-state index contributed by atoms with van der Waals surface area (Å²) in [5, 5.41) is 21.5. The molecule has 2 aromatic heterocycles. The first-order valence-electron chi connectivity index (χ1n) is 12.4. The summed E-state index contributed by atoms with van der Waals surface area (Å²) in [5.41, 5.74) is 1.84. The summed E-state index contributed by atoms with van der Waals surface area (Å²) in [4.78, 5) is 37.0. The van der Waals surface area contributed by atoms with Crippen molar-refractivity contribution >= 4 is 17.8 Å². The smallest absolute Gasteiger partial charge is 0.407 e. The molecule has 1 unspecified atom stereocenters. The zero-order chi connectivity index (χ0) is 28.4. The van der Waals surface area contributed by atoms with Gasteiger partial charge in [-0.3, -0.25) is 4.79 Å². The van der Waals surface area contributed by atoms with Crippen LogP contribution in [0.2, 0.25) is 0 Å². The fourth-order valence-electron chi connectivity index (χ4n) is 4.65. The van der Waals surface area contributed by atoms with Gasteiger partial charge in [-0.05, 0) is 36.1 Å². The van der Waals surface area contributed by atoms with Crippen LogP contribution < -0.4 is 14.8 Å². The summed E-state index contributed by atoms with van der Waals surface area (Å²) in [5.74, 6) is -3.07. The number of hydrogen-bond donors (Lipinski definition) is 2. The van der Waals surface area contributed by atoms with Gasteiger partial charge in [0.1, 0.15) is 24.0 Å². The third kappa shape index (κ3) is 5.61. The quantitative estimate of drug-likeness (QED) is 0.446. The van der Waals surface area contributed by atoms with Gasteiger partial charge in [0.2, 0.25) is 11.8 Å². The molecule has 5 rings (SSSR count). The maximum Gasteiger partial charge on any atom is 0.407 e. The summed E-state index contributed by atoms with van der Waals surface area (Å²) in [7, 11) is 1.53. The Morgan fingerprint density at radius 1 is 1.20 bits per heavy atom. The number of rotatable bonds is 7. The van der Waals surface area contributed by atoms with Crippen molar-refractivity contribution in [3.05, 3.63) is 60.0 Å². The second-order valence-corrected chi connectivity index (χ2v) is 9.54. The standard InChI is InChI=1S/C27H24F2N6O5/c1-39-24-5-3-16(12-31-24)18-9-19(18)25(36)34-23-10-20(32-14-33-23)15-2-4-21(17(8-15)11-30)40-22-6-7-35(26(37)38)13-27(22,28)29/h2-5,8,10,12,14,18-19,22H,6-7,9,13H2,1H3,(H,37,38)(H,32,33,34,36)/t18-,19+,22?/m0/s1. The van der Waals surface area contributed by atoms with E-state index in [2.05, 4.69) is 20.3 Å². The molecule has 1 aliphatic heterocycles. The highest BCUT2D eigenvalue weighted by Crippen LogP contribution is 2.48. The Kier molecular flexibility index (Phi) is 7.17. The summed E-state index contributed by atoms with van der Waals surface area (Å²) in [6, 6.07) is 11.5. The average Bonchev–Trinajstić information content (AvgIpc) is 3.75. The number of nitrogens with zero attached hydrogens (tertiary/aromatic N) is 5. The molecule has 1 aromatic carbocycles. The maximum atomic E-state index is 14.5. The molecule has 1 saturated carbocycles. The maximum absolute atomic E-state index is 14.5. The number of carbonyl (C=O) groups excluding carboxylic acids is 1. The number of nitrogens with one attached hydrogen (secondary N) is 1. The molecule has 0 bridgehead atoms. The summed E-state index contributed by atoms with van der Waals surface area (Å²) in [6.07, 6.45) is 0.418. The van der Waals surface area contributed by atoms with Crippen molar-refractivity contribution < 1.29 is 33.0 Å². The average molecular weight is 551 g/mol. The van der Waals surface area contributed by atoms with E-state index in [1.807, 2.05) is 12.1 Å². The van der Waals surface area contributed by atoms with Gasteiger partial charge in [0.25, 0.3) is 0 Å². The van der Waals surface area contributed by atoms with E-state index in [1.54, 1.807) is 24.4 Å². The van der Waals surface area contributed by atoms with E-state index in [1.165, 1.54) is 25.6 Å². The predicted molar refractivity (Wildman–Crippen MR) is 136 cm³/mol. The normalized spacial score (nSPS) is 21.1. The fourth-order valence-corrected chi connectivity index (χ4v) is 4.65. The molecular weight excluding hydrogens is 526 g/mol. The lowest BCUT2D eigenvalue weighted by molar-refractivity contribution is -0.133. The number of aromatic nitrogens is 3. The predicted octanol–water partition coefficient (Wildman–Crippen LogP) is 3.93. The number of likely N-dealkylation sites (tertiary alicyclic amines) is 1. The van der Waals surface area contributed by atoms with Crippen molar-refractivity contribution in [3.63, 3.8) is 0 Å². The van der Waals surface area contributed by atoms with Crippen molar-refractivity contribution in [2.45, 2.75) is 30.8 Å². The number of amides is 2. The highest BCUT2D eigenvalue weighted by Gasteiger charge is 2.48. The molecule has 3 atom stereocenters. The number of anilines is 1. The molecule has 11 nitrogen and oxygen atoms in total. The number of carboxylic acid groups (broad SMARTS) is 1. The lowest BCUT2D eigenvalue weighted by Crippen LogP contribution is -2.55. The highest BCUT2D eigenvalue weighted by molar-refractivity contribution is 5.94. The van der Waals surface area contributed by atoms with Gasteiger partial charge in [-0.25, -0.2) is 28.5 Å². The van der Waals surface area contributed by atoms with E-state index in [4.69, 9.17) is 14.6 Å². The van der Waals surface area contributed by atoms with Crippen LogP contribution in [0.25, 0.3) is 11.3 Å². The number of alkyl halides is 2. The van der Waals surface area contributed by atoms with Crippen molar-refractivity contribution in [1.82, 2.24) is 19.9 Å². The minimum Gasteiger partial charge on any atom is -0.483 e. The van der Waals surface area contributed by atoms with Crippen LogP contribution in [0.1, 0.15) is 29.9 Å². The number of pyridine rings is 1. The topological polar surface area (TPSA) is 151 Å². The molecule has 0 spiro atoms. The third-order valence-corrected chi connectivity index (χ3v) is 6.91. The van der Waals surface area contributed by atoms with Gasteiger partial charge < -0.3 is 24.8 Å². The molecule has 3 aromatic rings. The van der Waals surface area contributed by atoms with Crippen LogP contribution in [0.5, 0.6) is 11.6 Å². The van der Waals surface area contributed by atoms with Gasteiger partial charge >= 0.3 is 12.0 Å². The van der Waals surface area contributed by atoms with Crippen LogP contribution in [-0.4, -0.2) is 69.2 Å². The Bertz CT molecular complexity index is 1480. The summed E-state index contributed by atoms with van der Waals surface area (Å²) in [6.45, 7) is -1.09. The fraction of sp³-hybridized carbons (Fsp3) is 0.333. The van der Waals surface area contributed by atoms with Gasteiger partial charge in [-0.2, -0.15) is 5.26 Å². The number of halogens is 2. The van der Waals surface area contributed by atoms with E-state index in [0.717, 1.165) is 5.56 Å². The molecule has 13 heteroatoms. The molecule has 1 saturated heterocycles. The zero-order valence-electron chi connectivity index (χ0n) is 21.3. The van der Waals surface area contributed by atoms with Crippen LogP contribution in [0, 0.1) is 17.2 Å². The number of benzene rings is 1.